The predicted octanol–water partition coefficient (Wildman–Crippen LogP) is 4.34. The second-order valence-corrected chi connectivity index (χ2v) is 10.7. The molecule has 3 nitrogen and oxygen atoms in total. The highest BCUT2D eigenvalue weighted by Crippen LogP contribution is 2.55. The molecule has 0 N–H and O–H groups in total. The first-order chi connectivity index (χ1) is 13.7. The van der Waals surface area contributed by atoms with Gasteiger partial charge < -0.3 is 4.74 Å². The van der Waals surface area contributed by atoms with E-state index in [9.17, 15) is 0 Å². The second kappa shape index (κ2) is 7.61. The van der Waals surface area contributed by atoms with E-state index >= 15 is 0 Å². The maximum Gasteiger partial charge on any atom is 0.202 e. The standard InChI is InChI=1S/C24H29N2OP/c1-17(2)22-16-27-24(25-22)23-18-13-14-19(15-18)26(23)28(20-9-5-3-6-10-20)21-11-7-4-8-12-21/h3-12,17-19,22-23H,13-16H2,1-2H3/t18-,19+,22-,23-/m1/s1. The number of aliphatic imine (C=N–C) groups is 1. The Hall–Kier alpha value is -1.70. The predicted molar refractivity (Wildman–Crippen MR) is 118 cm³/mol. The fraction of sp³-hybridized carbons (Fsp3) is 0.458. The summed E-state index contributed by atoms with van der Waals surface area (Å²) in [5, 5.41) is 2.86. The molecule has 1 saturated carbocycles. The first kappa shape index (κ1) is 18.3. The molecule has 2 bridgehead atoms. The summed E-state index contributed by atoms with van der Waals surface area (Å²) in [6, 6.07) is 23.4. The highest BCUT2D eigenvalue weighted by molar-refractivity contribution is 7.70. The molecular weight excluding hydrogens is 363 g/mol. The molecule has 0 unspecified atom stereocenters. The van der Waals surface area contributed by atoms with Crippen molar-refractivity contribution in [1.82, 2.24) is 4.67 Å². The van der Waals surface area contributed by atoms with Crippen molar-refractivity contribution in [3.63, 3.8) is 0 Å². The molecule has 2 heterocycles. The second-order valence-electron chi connectivity index (χ2n) is 8.62. The zero-order valence-corrected chi connectivity index (χ0v) is 17.6. The Morgan fingerprint density at radius 2 is 1.61 bits per heavy atom. The number of ether oxygens (including phenoxy) is 1. The van der Waals surface area contributed by atoms with Gasteiger partial charge in [-0.25, -0.2) is 4.99 Å². The van der Waals surface area contributed by atoms with Gasteiger partial charge in [-0.15, -0.1) is 0 Å². The van der Waals surface area contributed by atoms with Crippen LogP contribution in [0.4, 0.5) is 0 Å². The first-order valence-electron chi connectivity index (χ1n) is 10.6. The summed E-state index contributed by atoms with van der Waals surface area (Å²) in [5.41, 5.74) is 0. The largest absolute Gasteiger partial charge is 0.478 e. The van der Waals surface area contributed by atoms with Gasteiger partial charge in [0.1, 0.15) is 6.61 Å². The van der Waals surface area contributed by atoms with Crippen molar-refractivity contribution in [1.29, 1.82) is 0 Å². The van der Waals surface area contributed by atoms with Crippen molar-refractivity contribution in [3.8, 4) is 0 Å². The zero-order chi connectivity index (χ0) is 19.1. The molecule has 0 spiro atoms. The Kier molecular flexibility index (Phi) is 4.99. The Bertz CT molecular complexity index is 799. The van der Waals surface area contributed by atoms with E-state index in [1.165, 1.54) is 29.9 Å². The summed E-state index contributed by atoms with van der Waals surface area (Å²) >= 11 is 0. The summed E-state index contributed by atoms with van der Waals surface area (Å²) < 4.78 is 9.04. The van der Waals surface area contributed by atoms with Gasteiger partial charge in [-0.1, -0.05) is 74.5 Å². The maximum absolute atomic E-state index is 6.23. The number of fused-ring (bicyclic) bond motifs is 2. The lowest BCUT2D eigenvalue weighted by atomic mass is 10.00. The average Bonchev–Trinajstić information content (AvgIpc) is 3.46. The summed E-state index contributed by atoms with van der Waals surface area (Å²) in [6.45, 7) is 5.25. The van der Waals surface area contributed by atoms with Crippen molar-refractivity contribution in [3.05, 3.63) is 60.7 Å². The quantitative estimate of drug-likeness (QED) is 0.707. The summed E-state index contributed by atoms with van der Waals surface area (Å²) in [5.74, 6) is 2.24. The fourth-order valence-electron chi connectivity index (χ4n) is 5.03. The molecule has 28 heavy (non-hydrogen) atoms. The topological polar surface area (TPSA) is 24.8 Å². The third-order valence-corrected chi connectivity index (χ3v) is 9.11. The molecule has 2 aromatic rings. The van der Waals surface area contributed by atoms with Crippen molar-refractivity contribution in [2.75, 3.05) is 6.61 Å². The van der Waals surface area contributed by atoms with Crippen LogP contribution < -0.4 is 10.6 Å². The minimum absolute atomic E-state index is 0.315. The molecule has 2 aromatic carbocycles. The van der Waals surface area contributed by atoms with E-state index < -0.39 is 8.07 Å². The number of piperidine rings is 1. The maximum atomic E-state index is 6.23. The van der Waals surface area contributed by atoms with E-state index in [0.29, 0.717) is 30.0 Å². The monoisotopic (exact) mass is 392 g/mol. The van der Waals surface area contributed by atoms with Crippen LogP contribution in [0.2, 0.25) is 0 Å². The lowest BCUT2D eigenvalue weighted by Gasteiger charge is -2.40. The molecule has 5 rings (SSSR count). The average molecular weight is 392 g/mol. The molecule has 0 amide bonds. The van der Waals surface area contributed by atoms with E-state index in [1.807, 2.05) is 0 Å². The molecule has 0 radical (unpaired) electrons. The Balaban J connectivity index is 1.56. The molecule has 1 saturated heterocycles. The van der Waals surface area contributed by atoms with Crippen LogP contribution in [0.25, 0.3) is 0 Å². The van der Waals surface area contributed by atoms with Gasteiger partial charge in [0.2, 0.25) is 5.90 Å². The van der Waals surface area contributed by atoms with E-state index in [4.69, 9.17) is 9.73 Å². The normalized spacial score (nSPS) is 29.5. The third-order valence-electron chi connectivity index (χ3n) is 6.50. The van der Waals surface area contributed by atoms with Gasteiger partial charge in [0, 0.05) is 14.1 Å². The first-order valence-corrected chi connectivity index (χ1v) is 11.9. The molecule has 1 aliphatic carbocycles. The third kappa shape index (κ3) is 3.19. The molecule has 2 aliphatic heterocycles. The zero-order valence-electron chi connectivity index (χ0n) is 16.7. The summed E-state index contributed by atoms with van der Waals surface area (Å²) in [6.07, 6.45) is 3.91. The SMILES string of the molecule is CC(C)[C@H]1COC([C@H]2[C@@H]3CC[C@@H](C3)N2P(c2ccccc2)c2ccccc2)=N1. The van der Waals surface area contributed by atoms with E-state index in [-0.39, 0.29) is 0 Å². The number of benzene rings is 2. The van der Waals surface area contributed by atoms with Crippen LogP contribution >= 0.6 is 8.07 Å². The van der Waals surface area contributed by atoms with Crippen LogP contribution in [-0.4, -0.2) is 35.3 Å². The van der Waals surface area contributed by atoms with Gasteiger partial charge in [0.05, 0.1) is 12.1 Å². The van der Waals surface area contributed by atoms with Crippen molar-refractivity contribution in [2.45, 2.75) is 51.2 Å². The highest BCUT2D eigenvalue weighted by Gasteiger charge is 2.52. The lowest BCUT2D eigenvalue weighted by molar-refractivity contribution is 0.241. The van der Waals surface area contributed by atoms with Gasteiger partial charge in [-0.2, -0.15) is 0 Å². The van der Waals surface area contributed by atoms with Crippen molar-refractivity contribution < 1.29 is 4.74 Å². The van der Waals surface area contributed by atoms with Crippen molar-refractivity contribution in [2.24, 2.45) is 16.8 Å². The van der Waals surface area contributed by atoms with Gasteiger partial charge in [-0.05, 0) is 41.7 Å². The van der Waals surface area contributed by atoms with Crippen LogP contribution in [0.3, 0.4) is 0 Å². The number of hydrogen-bond acceptors (Lipinski definition) is 3. The Morgan fingerprint density at radius 3 is 2.18 bits per heavy atom. The molecule has 4 heteroatoms. The lowest BCUT2D eigenvalue weighted by Crippen LogP contribution is -2.46. The molecule has 3 aliphatic rings. The van der Waals surface area contributed by atoms with Gasteiger partial charge >= 0.3 is 0 Å². The van der Waals surface area contributed by atoms with Crippen LogP contribution in [0.1, 0.15) is 33.1 Å². The van der Waals surface area contributed by atoms with E-state index in [0.717, 1.165) is 12.5 Å². The minimum Gasteiger partial charge on any atom is -0.478 e. The van der Waals surface area contributed by atoms with Gasteiger partial charge in [-0.3, -0.25) is 4.67 Å². The number of nitrogens with zero attached hydrogens (tertiary/aromatic N) is 2. The van der Waals surface area contributed by atoms with E-state index in [1.54, 1.807) is 0 Å². The van der Waals surface area contributed by atoms with Gasteiger partial charge in [0.25, 0.3) is 0 Å². The molecule has 4 atom stereocenters. The number of rotatable bonds is 5. The van der Waals surface area contributed by atoms with Gasteiger partial charge in [0.15, 0.2) is 0 Å². The highest BCUT2D eigenvalue weighted by atomic mass is 31.1. The molecule has 0 aromatic heterocycles. The van der Waals surface area contributed by atoms with Crippen LogP contribution in [0, 0.1) is 11.8 Å². The molecular formula is C24H29N2OP. The fourth-order valence-corrected chi connectivity index (χ4v) is 7.84. The Morgan fingerprint density at radius 1 is 0.964 bits per heavy atom. The Labute approximate surface area is 169 Å². The van der Waals surface area contributed by atoms with Crippen molar-refractivity contribution >= 4 is 24.6 Å². The van der Waals surface area contributed by atoms with Crippen LogP contribution in [-0.2, 0) is 4.74 Å². The van der Waals surface area contributed by atoms with E-state index in [2.05, 4.69) is 79.2 Å². The number of hydrogen-bond donors (Lipinski definition) is 0. The molecule has 146 valence electrons. The minimum atomic E-state index is -0.579. The summed E-state index contributed by atoms with van der Waals surface area (Å²) in [7, 11) is -0.579. The van der Waals surface area contributed by atoms with Crippen LogP contribution in [0.5, 0.6) is 0 Å². The van der Waals surface area contributed by atoms with Crippen LogP contribution in [0.15, 0.2) is 65.7 Å². The smallest absolute Gasteiger partial charge is 0.202 e. The summed E-state index contributed by atoms with van der Waals surface area (Å²) in [4.78, 5) is 5.07. The molecule has 2 fully saturated rings.